The van der Waals surface area contributed by atoms with Crippen LogP contribution in [-0.4, -0.2) is 28.5 Å². The first-order chi connectivity index (χ1) is 20.3. The van der Waals surface area contributed by atoms with Gasteiger partial charge in [-0.3, -0.25) is 4.57 Å². The van der Waals surface area contributed by atoms with Crippen molar-refractivity contribution in [1.82, 2.24) is 28.5 Å². The zero-order valence-electron chi connectivity index (χ0n) is 22.1. The van der Waals surface area contributed by atoms with Crippen molar-refractivity contribution in [1.29, 1.82) is 0 Å². The van der Waals surface area contributed by atoms with E-state index in [1.165, 1.54) is 0 Å². The minimum absolute atomic E-state index is 0.377. The topological polar surface area (TPSA) is 64.8 Å². The number of hydrogen-bond acceptors (Lipinski definition) is 4. The summed E-state index contributed by atoms with van der Waals surface area (Å²) in [5.74, 6) is 0.842. The van der Waals surface area contributed by atoms with Crippen LogP contribution in [0.5, 0.6) is 0 Å². The van der Waals surface area contributed by atoms with E-state index in [2.05, 4.69) is 112 Å². The minimum atomic E-state index is -0.377. The van der Waals surface area contributed by atoms with Gasteiger partial charge in [-0.1, -0.05) is 97.6 Å². The Morgan fingerprint density at radius 2 is 1.22 bits per heavy atom. The van der Waals surface area contributed by atoms with Crippen LogP contribution in [0.15, 0.2) is 108 Å². The van der Waals surface area contributed by atoms with Crippen molar-refractivity contribution in [2.75, 3.05) is 0 Å². The highest BCUT2D eigenvalue weighted by Crippen LogP contribution is 2.46. The quantitative estimate of drug-likeness (QED) is 0.234. The van der Waals surface area contributed by atoms with E-state index in [1.54, 1.807) is 0 Å². The van der Waals surface area contributed by atoms with Crippen LogP contribution in [0, 0.1) is 0 Å². The molecule has 0 radical (unpaired) electrons. The first-order valence-electron chi connectivity index (χ1n) is 13.8. The van der Waals surface area contributed by atoms with Crippen molar-refractivity contribution in [2.24, 2.45) is 4.99 Å². The molecule has 0 saturated carbocycles. The molecule has 7 nitrogen and oxygen atoms in total. The molecule has 41 heavy (non-hydrogen) atoms. The van der Waals surface area contributed by atoms with E-state index in [4.69, 9.17) is 19.9 Å². The summed E-state index contributed by atoms with van der Waals surface area (Å²) in [5, 5.41) is 6.27. The molecule has 7 heterocycles. The van der Waals surface area contributed by atoms with Gasteiger partial charge in [0.05, 0.1) is 16.6 Å². The fourth-order valence-electron chi connectivity index (χ4n) is 7.10. The van der Waals surface area contributed by atoms with E-state index in [9.17, 15) is 0 Å². The second kappa shape index (κ2) is 7.14. The Morgan fingerprint density at radius 1 is 0.683 bits per heavy atom. The molecule has 4 aromatic heterocycles. The van der Waals surface area contributed by atoms with Crippen molar-refractivity contribution >= 4 is 71.4 Å². The van der Waals surface area contributed by atoms with Crippen molar-refractivity contribution in [3.8, 4) is 0 Å². The molecule has 0 fully saturated rings. The maximum atomic E-state index is 5.59. The lowest BCUT2D eigenvalue weighted by Crippen LogP contribution is -2.19. The normalized spacial score (nSPS) is 18.9. The largest absolute Gasteiger partial charge is 0.295 e. The number of allylic oxidation sites excluding steroid dienone is 3. The third kappa shape index (κ3) is 2.34. The first kappa shape index (κ1) is 21.3. The average Bonchev–Trinajstić information content (AvgIpc) is 3.70. The zero-order valence-corrected chi connectivity index (χ0v) is 22.1. The SMILES string of the molecule is C=C/C=C1\C(=C/C)c2nc3c4ccccc4c4nc5c6ccccc6c6nc7c8ccccc8/c(n7n34)=N/C1n2c65. The predicted molar refractivity (Wildman–Crippen MR) is 164 cm³/mol. The van der Waals surface area contributed by atoms with Crippen LogP contribution in [0.1, 0.15) is 18.9 Å². The van der Waals surface area contributed by atoms with Gasteiger partial charge in [-0.25, -0.2) is 29.0 Å². The van der Waals surface area contributed by atoms with E-state index in [1.807, 2.05) is 6.08 Å². The summed E-state index contributed by atoms with van der Waals surface area (Å²) in [4.78, 5) is 22.2. The smallest absolute Gasteiger partial charge is 0.164 e. The van der Waals surface area contributed by atoms with Crippen molar-refractivity contribution in [2.45, 2.75) is 13.1 Å². The lowest BCUT2D eigenvalue weighted by molar-refractivity contribution is 0.627. The van der Waals surface area contributed by atoms with Gasteiger partial charge in [-0.15, -0.1) is 0 Å². The highest BCUT2D eigenvalue weighted by molar-refractivity contribution is 6.22. The standard InChI is InChI=1S/C34H21N7/c1-3-11-21-18(4-2)29-37-33-24-16-9-7-14-22(24)31-35-26-19-12-5-6-13-20(19)27-28(26)39(29)30(21)38-34-25-17-10-8-15-23(25)32(36-27)41(34)40(31)33/h3-17,30H,1H2,2H3/b18-4+,21-11+,35-26?,36-32?,37-29?,38-34-. The van der Waals surface area contributed by atoms with Crippen LogP contribution < -0.4 is 5.49 Å². The number of nitrogens with zero attached hydrogens (tertiary/aromatic N) is 7. The van der Waals surface area contributed by atoms with Crippen LogP contribution in [0.2, 0.25) is 0 Å². The summed E-state index contributed by atoms with van der Waals surface area (Å²) in [7, 11) is 0. The second-order valence-electron chi connectivity index (χ2n) is 10.7. The molecule has 7 heteroatoms. The molecule has 0 N–H and O–H groups in total. The van der Waals surface area contributed by atoms with Gasteiger partial charge >= 0.3 is 0 Å². The number of hydrogen-bond donors (Lipinski definition) is 0. The Balaban J connectivity index is 1.75. The van der Waals surface area contributed by atoms with Gasteiger partial charge in [0.1, 0.15) is 5.82 Å². The third-order valence-corrected chi connectivity index (χ3v) is 8.73. The van der Waals surface area contributed by atoms with E-state index in [-0.39, 0.29) is 6.17 Å². The molecule has 3 aliphatic rings. The summed E-state index contributed by atoms with van der Waals surface area (Å²) in [6, 6.07) is 25.3. The van der Waals surface area contributed by atoms with Crippen LogP contribution >= 0.6 is 0 Å². The van der Waals surface area contributed by atoms with Gasteiger partial charge in [0, 0.05) is 43.5 Å². The molecule has 0 amide bonds. The van der Waals surface area contributed by atoms with Crippen molar-refractivity contribution in [3.63, 3.8) is 0 Å². The lowest BCUT2D eigenvalue weighted by Gasteiger charge is -2.12. The molecular formula is C34H21N7. The monoisotopic (exact) mass is 527 g/mol. The molecule has 12 bridgehead atoms. The van der Waals surface area contributed by atoms with Gasteiger partial charge in [0.2, 0.25) is 0 Å². The summed E-state index contributed by atoms with van der Waals surface area (Å²) in [6.07, 6.45) is 5.67. The number of rotatable bonds is 1. The lowest BCUT2D eigenvalue weighted by atomic mass is 10.1. The fraction of sp³-hybridized carbons (Fsp3) is 0.0588. The maximum Gasteiger partial charge on any atom is 0.164 e. The second-order valence-corrected chi connectivity index (χ2v) is 10.7. The minimum Gasteiger partial charge on any atom is -0.295 e. The highest BCUT2D eigenvalue weighted by Gasteiger charge is 2.36. The molecule has 4 aromatic carbocycles. The van der Waals surface area contributed by atoms with Crippen LogP contribution in [-0.2, 0) is 0 Å². The maximum absolute atomic E-state index is 5.59. The Labute approximate surface area is 232 Å². The van der Waals surface area contributed by atoms with Gasteiger partial charge < -0.3 is 0 Å². The van der Waals surface area contributed by atoms with E-state index >= 15 is 0 Å². The van der Waals surface area contributed by atoms with E-state index < -0.39 is 0 Å². The van der Waals surface area contributed by atoms with Gasteiger partial charge in [-0.05, 0) is 6.92 Å². The zero-order chi connectivity index (χ0) is 27.0. The van der Waals surface area contributed by atoms with Gasteiger partial charge in [0.25, 0.3) is 0 Å². The molecule has 1 unspecified atom stereocenters. The predicted octanol–water partition coefficient (Wildman–Crippen LogP) is 6.89. The summed E-state index contributed by atoms with van der Waals surface area (Å²) in [6.45, 7) is 6.13. The van der Waals surface area contributed by atoms with E-state index in [0.717, 1.165) is 88.3 Å². The van der Waals surface area contributed by atoms with Crippen LogP contribution in [0.25, 0.3) is 71.4 Å². The molecule has 0 spiro atoms. The van der Waals surface area contributed by atoms with Crippen molar-refractivity contribution < 1.29 is 0 Å². The Hall–Kier alpha value is -5.56. The molecule has 1 atom stereocenters. The van der Waals surface area contributed by atoms with Crippen molar-refractivity contribution in [3.05, 3.63) is 114 Å². The Kier molecular flexibility index (Phi) is 3.71. The molecule has 11 rings (SSSR count). The third-order valence-electron chi connectivity index (χ3n) is 8.73. The average molecular weight is 528 g/mol. The highest BCUT2D eigenvalue weighted by atomic mass is 15.4. The molecule has 8 aromatic rings. The number of aromatic nitrogens is 6. The molecule has 0 aliphatic carbocycles. The summed E-state index contributed by atoms with van der Waals surface area (Å²) < 4.78 is 6.54. The van der Waals surface area contributed by atoms with Gasteiger partial charge in [0.15, 0.2) is 28.6 Å². The molecule has 3 aliphatic heterocycles. The van der Waals surface area contributed by atoms with Crippen LogP contribution in [0.4, 0.5) is 0 Å². The Morgan fingerprint density at radius 3 is 1.83 bits per heavy atom. The number of fused-ring (bicyclic) bond motifs is 3. The van der Waals surface area contributed by atoms with Crippen LogP contribution in [0.3, 0.4) is 0 Å². The Bertz CT molecular complexity index is 2680. The molecular weight excluding hydrogens is 506 g/mol. The molecule has 0 saturated heterocycles. The van der Waals surface area contributed by atoms with Gasteiger partial charge in [-0.2, -0.15) is 0 Å². The fourth-order valence-corrected chi connectivity index (χ4v) is 7.10. The molecule has 192 valence electrons. The summed E-state index contributed by atoms with van der Waals surface area (Å²) >= 11 is 0. The first-order valence-corrected chi connectivity index (χ1v) is 13.8. The summed E-state index contributed by atoms with van der Waals surface area (Å²) in [5.41, 5.74) is 8.08. The van der Waals surface area contributed by atoms with E-state index in [0.29, 0.717) is 0 Å². The number of benzene rings is 3.